The van der Waals surface area contributed by atoms with Crippen LogP contribution in [-0.4, -0.2) is 26.8 Å². The Morgan fingerprint density at radius 1 is 1.00 bits per heavy atom. The lowest BCUT2D eigenvalue weighted by Crippen LogP contribution is -2.30. The van der Waals surface area contributed by atoms with Gasteiger partial charge in [-0.2, -0.15) is 0 Å². The van der Waals surface area contributed by atoms with Crippen LogP contribution in [0.1, 0.15) is 29.0 Å². The minimum absolute atomic E-state index is 0.111. The molecular weight excluding hydrogens is 418 g/mol. The molecule has 1 fully saturated rings. The van der Waals surface area contributed by atoms with Gasteiger partial charge in [0, 0.05) is 37.0 Å². The molecule has 32 heavy (non-hydrogen) atoms. The lowest BCUT2D eigenvalue weighted by atomic mass is 10.0. The Bertz CT molecular complexity index is 1210. The fourth-order valence-corrected chi connectivity index (χ4v) is 4.61. The van der Waals surface area contributed by atoms with Crippen molar-refractivity contribution in [2.45, 2.75) is 18.6 Å². The van der Waals surface area contributed by atoms with E-state index in [9.17, 15) is 0 Å². The Morgan fingerprint density at radius 3 is 2.66 bits per heavy atom. The predicted molar refractivity (Wildman–Crippen MR) is 129 cm³/mol. The molecular formula is C25H23N5OS. The van der Waals surface area contributed by atoms with Gasteiger partial charge in [-0.15, -0.1) is 0 Å². The lowest BCUT2D eigenvalue weighted by Gasteiger charge is -2.30. The van der Waals surface area contributed by atoms with Crippen LogP contribution in [0.5, 0.6) is 5.75 Å². The van der Waals surface area contributed by atoms with Crippen molar-refractivity contribution in [2.75, 3.05) is 12.0 Å². The molecule has 0 radical (unpaired) electrons. The van der Waals surface area contributed by atoms with Gasteiger partial charge >= 0.3 is 0 Å². The molecule has 7 heteroatoms. The molecule has 0 bridgehead atoms. The summed E-state index contributed by atoms with van der Waals surface area (Å²) in [5, 5.41) is 4.16. The highest BCUT2D eigenvalue weighted by Crippen LogP contribution is 2.44. The molecule has 4 aromatic rings. The first-order chi connectivity index (χ1) is 15.8. The minimum atomic E-state index is -0.115. The summed E-state index contributed by atoms with van der Waals surface area (Å²) in [6.07, 6.45) is 7.60. The average Bonchev–Trinajstić information content (AvgIpc) is 3.43. The summed E-state index contributed by atoms with van der Waals surface area (Å²) in [7, 11) is 1.68. The minimum Gasteiger partial charge on any atom is -0.495 e. The Balaban J connectivity index is 1.63. The van der Waals surface area contributed by atoms with E-state index in [1.165, 1.54) is 0 Å². The Hall–Kier alpha value is -3.71. The first kappa shape index (κ1) is 20.2. The van der Waals surface area contributed by atoms with Gasteiger partial charge in [0.1, 0.15) is 11.8 Å². The van der Waals surface area contributed by atoms with Gasteiger partial charge in [0.25, 0.3) is 0 Å². The molecule has 4 heterocycles. The van der Waals surface area contributed by atoms with Crippen LogP contribution in [0, 0.1) is 0 Å². The second-order valence-electron chi connectivity index (χ2n) is 7.59. The van der Waals surface area contributed by atoms with Crippen molar-refractivity contribution in [2.24, 2.45) is 0 Å². The number of aromatic nitrogens is 3. The van der Waals surface area contributed by atoms with Crippen molar-refractivity contribution in [1.29, 1.82) is 0 Å². The molecule has 0 spiro atoms. The summed E-state index contributed by atoms with van der Waals surface area (Å²) >= 11 is 5.84. The molecule has 1 aliphatic rings. The van der Waals surface area contributed by atoms with Crippen LogP contribution < -0.4 is 15.0 Å². The molecule has 1 aliphatic heterocycles. The maximum absolute atomic E-state index is 5.84. The summed E-state index contributed by atoms with van der Waals surface area (Å²) < 4.78 is 7.92. The van der Waals surface area contributed by atoms with Crippen LogP contribution in [0.3, 0.4) is 0 Å². The lowest BCUT2D eigenvalue weighted by molar-refractivity contribution is 0.414. The first-order valence-corrected chi connectivity index (χ1v) is 10.8. The predicted octanol–water partition coefficient (Wildman–Crippen LogP) is 4.51. The fraction of sp³-hybridized carbons (Fsp3) is 0.160. The third kappa shape index (κ3) is 3.71. The number of methoxy groups -OCH3 is 1. The highest BCUT2D eigenvalue weighted by molar-refractivity contribution is 7.80. The highest BCUT2D eigenvalue weighted by atomic mass is 32.1. The number of hydrogen-bond acceptors (Lipinski definition) is 4. The van der Waals surface area contributed by atoms with Gasteiger partial charge in [-0.05, 0) is 60.2 Å². The molecule has 0 unspecified atom stereocenters. The Labute approximate surface area is 192 Å². The summed E-state index contributed by atoms with van der Waals surface area (Å²) in [4.78, 5) is 11.1. The molecule has 1 N–H and O–H groups in total. The summed E-state index contributed by atoms with van der Waals surface area (Å²) in [6.45, 7) is 0.716. The fourth-order valence-electron chi connectivity index (χ4n) is 4.27. The van der Waals surface area contributed by atoms with E-state index >= 15 is 0 Å². The normalized spacial score (nSPS) is 17.9. The quantitative estimate of drug-likeness (QED) is 0.444. The summed E-state index contributed by atoms with van der Waals surface area (Å²) in [5.41, 5.74) is 4.12. The summed E-state index contributed by atoms with van der Waals surface area (Å²) in [6, 6.07) is 22.0. The zero-order valence-electron chi connectivity index (χ0n) is 17.6. The van der Waals surface area contributed by atoms with E-state index in [0.29, 0.717) is 11.7 Å². The van der Waals surface area contributed by atoms with Crippen molar-refractivity contribution < 1.29 is 4.74 Å². The van der Waals surface area contributed by atoms with E-state index in [0.717, 1.165) is 28.4 Å². The molecule has 160 valence electrons. The SMILES string of the molecule is COc1ccccc1N1C(=S)N[C@H](c2ccccn2)[C@@H]1c1cccn1Cc1cccnc1. The molecule has 0 aliphatic carbocycles. The van der Waals surface area contributed by atoms with Gasteiger partial charge in [-0.25, -0.2) is 0 Å². The van der Waals surface area contributed by atoms with Gasteiger partial charge in [0.2, 0.25) is 0 Å². The number of benzene rings is 1. The maximum Gasteiger partial charge on any atom is 0.174 e. The molecule has 3 aromatic heterocycles. The topological polar surface area (TPSA) is 55.2 Å². The van der Waals surface area contributed by atoms with Crippen molar-refractivity contribution in [1.82, 2.24) is 19.9 Å². The summed E-state index contributed by atoms with van der Waals surface area (Å²) in [5.74, 6) is 0.772. The van der Waals surface area contributed by atoms with E-state index in [-0.39, 0.29) is 12.1 Å². The van der Waals surface area contributed by atoms with Crippen LogP contribution in [0.2, 0.25) is 0 Å². The second-order valence-corrected chi connectivity index (χ2v) is 7.98. The molecule has 6 nitrogen and oxygen atoms in total. The van der Waals surface area contributed by atoms with Crippen molar-refractivity contribution >= 4 is 23.0 Å². The van der Waals surface area contributed by atoms with E-state index in [1.54, 1.807) is 13.3 Å². The number of pyridine rings is 2. The molecule has 0 saturated carbocycles. The third-order valence-corrected chi connectivity index (χ3v) is 6.00. The zero-order chi connectivity index (χ0) is 21.9. The number of para-hydroxylation sites is 2. The van der Waals surface area contributed by atoms with Gasteiger partial charge in [-0.3, -0.25) is 9.97 Å². The number of hydrogen-bond donors (Lipinski definition) is 1. The molecule has 5 rings (SSSR count). The Kier molecular flexibility index (Phi) is 5.56. The second kappa shape index (κ2) is 8.80. The Morgan fingerprint density at radius 2 is 1.88 bits per heavy atom. The number of ether oxygens (including phenoxy) is 1. The third-order valence-electron chi connectivity index (χ3n) is 5.69. The van der Waals surface area contributed by atoms with Crippen LogP contribution >= 0.6 is 12.2 Å². The zero-order valence-corrected chi connectivity index (χ0v) is 18.4. The first-order valence-electron chi connectivity index (χ1n) is 10.4. The number of nitrogens with one attached hydrogen (secondary N) is 1. The standard InChI is InChI=1S/C25H23N5OS/c1-31-22-12-3-2-10-20(22)30-24(23(28-25(30)32)19-9-4-5-14-27-19)21-11-7-15-29(21)17-18-8-6-13-26-16-18/h2-16,23-24H,17H2,1H3,(H,28,32)/t23-,24+/m1/s1. The van der Waals surface area contributed by atoms with Gasteiger partial charge in [-0.1, -0.05) is 24.3 Å². The van der Waals surface area contributed by atoms with Gasteiger partial charge < -0.3 is 19.5 Å². The largest absolute Gasteiger partial charge is 0.495 e. The molecule has 0 amide bonds. The monoisotopic (exact) mass is 441 g/mol. The molecule has 1 saturated heterocycles. The number of nitrogens with zero attached hydrogens (tertiary/aromatic N) is 4. The average molecular weight is 442 g/mol. The molecule has 2 atom stereocenters. The van der Waals surface area contributed by atoms with Crippen molar-refractivity contribution in [3.8, 4) is 5.75 Å². The smallest absolute Gasteiger partial charge is 0.174 e. The van der Waals surface area contributed by atoms with Crippen LogP contribution in [-0.2, 0) is 6.54 Å². The van der Waals surface area contributed by atoms with Crippen molar-refractivity contribution in [3.63, 3.8) is 0 Å². The number of thiocarbonyl (C=S) groups is 1. The van der Waals surface area contributed by atoms with Crippen LogP contribution in [0.25, 0.3) is 0 Å². The number of anilines is 1. The van der Waals surface area contributed by atoms with E-state index in [4.69, 9.17) is 17.0 Å². The molecule has 1 aromatic carbocycles. The van der Waals surface area contributed by atoms with Gasteiger partial charge in [0.15, 0.2) is 5.11 Å². The maximum atomic E-state index is 5.84. The van der Waals surface area contributed by atoms with Gasteiger partial charge in [0.05, 0.1) is 24.5 Å². The van der Waals surface area contributed by atoms with Crippen LogP contribution in [0.4, 0.5) is 5.69 Å². The number of rotatable bonds is 6. The van der Waals surface area contributed by atoms with Crippen molar-refractivity contribution in [3.05, 3.63) is 108 Å². The van der Waals surface area contributed by atoms with E-state index in [2.05, 4.69) is 49.1 Å². The van der Waals surface area contributed by atoms with E-state index in [1.807, 2.05) is 60.9 Å². The highest BCUT2D eigenvalue weighted by Gasteiger charge is 2.42. The van der Waals surface area contributed by atoms with Crippen LogP contribution in [0.15, 0.2) is 91.5 Å². The van der Waals surface area contributed by atoms with E-state index < -0.39 is 0 Å².